The van der Waals surface area contributed by atoms with Crippen LogP contribution in [-0.2, 0) is 11.3 Å². The third-order valence-corrected chi connectivity index (χ3v) is 3.61. The van der Waals surface area contributed by atoms with Gasteiger partial charge in [-0.3, -0.25) is 4.79 Å². The minimum Gasteiger partial charge on any atom is -0.496 e. The Hall–Kier alpha value is -1.43. The fourth-order valence-corrected chi connectivity index (χ4v) is 2.29. The van der Waals surface area contributed by atoms with Crippen molar-refractivity contribution in [2.45, 2.75) is 25.8 Å². The molecule has 0 heterocycles. The Balaban J connectivity index is 2.71. The number of nitrogens with one attached hydrogen (secondary N) is 1. The van der Waals surface area contributed by atoms with Crippen molar-refractivity contribution in [1.29, 1.82) is 0 Å². The van der Waals surface area contributed by atoms with Crippen molar-refractivity contribution in [1.82, 2.24) is 5.32 Å². The molecule has 0 aliphatic rings. The van der Waals surface area contributed by atoms with Crippen LogP contribution in [0.4, 0.5) is 0 Å². The molecule has 0 spiro atoms. The monoisotopic (exact) mass is 359 g/mol. The lowest BCUT2D eigenvalue weighted by Gasteiger charge is -2.14. The SMILES string of the molecule is COc1cc(OC)c(OC)cc1CNC(=O)CCCCBr. The van der Waals surface area contributed by atoms with Gasteiger partial charge in [-0.2, -0.15) is 0 Å². The first-order valence-electron chi connectivity index (χ1n) is 6.77. The Morgan fingerprint density at radius 1 is 1.05 bits per heavy atom. The van der Waals surface area contributed by atoms with Crippen molar-refractivity contribution in [3.8, 4) is 17.2 Å². The third kappa shape index (κ3) is 5.46. The predicted molar refractivity (Wildman–Crippen MR) is 85.6 cm³/mol. The molecule has 5 nitrogen and oxygen atoms in total. The zero-order valence-corrected chi connectivity index (χ0v) is 14.3. The molecular weight excluding hydrogens is 338 g/mol. The maximum atomic E-state index is 11.7. The van der Waals surface area contributed by atoms with Crippen LogP contribution in [0.15, 0.2) is 12.1 Å². The second-order valence-corrected chi connectivity index (χ2v) is 5.23. The number of hydrogen-bond acceptors (Lipinski definition) is 4. The molecular formula is C15H22BrNO4. The van der Waals surface area contributed by atoms with Crippen molar-refractivity contribution in [2.75, 3.05) is 26.7 Å². The number of unbranched alkanes of at least 4 members (excludes halogenated alkanes) is 1. The van der Waals surface area contributed by atoms with Gasteiger partial charge in [-0.15, -0.1) is 0 Å². The zero-order chi connectivity index (χ0) is 15.7. The van der Waals surface area contributed by atoms with E-state index in [4.69, 9.17) is 14.2 Å². The van der Waals surface area contributed by atoms with E-state index in [0.29, 0.717) is 30.2 Å². The first-order valence-corrected chi connectivity index (χ1v) is 7.90. The molecule has 0 aromatic heterocycles. The van der Waals surface area contributed by atoms with E-state index >= 15 is 0 Å². The lowest BCUT2D eigenvalue weighted by Crippen LogP contribution is -2.22. The molecule has 0 atom stereocenters. The summed E-state index contributed by atoms with van der Waals surface area (Å²) in [6, 6.07) is 3.57. The van der Waals surface area contributed by atoms with Gasteiger partial charge in [0.05, 0.1) is 21.3 Å². The Labute approximate surface area is 134 Å². The van der Waals surface area contributed by atoms with Crippen LogP contribution in [0.25, 0.3) is 0 Å². The van der Waals surface area contributed by atoms with Crippen LogP contribution in [0.2, 0.25) is 0 Å². The van der Waals surface area contributed by atoms with Gasteiger partial charge in [0, 0.05) is 29.9 Å². The molecule has 1 amide bonds. The first-order chi connectivity index (χ1) is 10.2. The van der Waals surface area contributed by atoms with Crippen LogP contribution >= 0.6 is 15.9 Å². The van der Waals surface area contributed by atoms with Gasteiger partial charge in [-0.05, 0) is 18.9 Å². The number of alkyl halides is 1. The van der Waals surface area contributed by atoms with E-state index in [1.54, 1.807) is 27.4 Å². The summed E-state index contributed by atoms with van der Waals surface area (Å²) < 4.78 is 15.8. The van der Waals surface area contributed by atoms with Gasteiger partial charge in [-0.25, -0.2) is 0 Å². The zero-order valence-electron chi connectivity index (χ0n) is 12.7. The number of rotatable bonds is 9. The number of benzene rings is 1. The summed E-state index contributed by atoms with van der Waals surface area (Å²) in [5.41, 5.74) is 0.851. The molecule has 0 bridgehead atoms. The van der Waals surface area contributed by atoms with E-state index in [0.717, 1.165) is 23.7 Å². The molecule has 1 N–H and O–H groups in total. The summed E-state index contributed by atoms with van der Waals surface area (Å²) in [5, 5.41) is 3.81. The summed E-state index contributed by atoms with van der Waals surface area (Å²) >= 11 is 3.35. The molecule has 0 radical (unpaired) electrons. The first kappa shape index (κ1) is 17.6. The lowest BCUT2D eigenvalue weighted by molar-refractivity contribution is -0.121. The van der Waals surface area contributed by atoms with E-state index in [1.807, 2.05) is 6.07 Å². The Morgan fingerprint density at radius 3 is 2.24 bits per heavy atom. The van der Waals surface area contributed by atoms with Crippen molar-refractivity contribution >= 4 is 21.8 Å². The number of methoxy groups -OCH3 is 3. The molecule has 1 aromatic carbocycles. The topological polar surface area (TPSA) is 56.8 Å². The van der Waals surface area contributed by atoms with Crippen molar-refractivity contribution in [3.05, 3.63) is 17.7 Å². The summed E-state index contributed by atoms with van der Waals surface area (Å²) in [6.45, 7) is 0.399. The highest BCUT2D eigenvalue weighted by Crippen LogP contribution is 2.34. The van der Waals surface area contributed by atoms with Gasteiger partial charge in [0.2, 0.25) is 5.91 Å². The van der Waals surface area contributed by atoms with Crippen LogP contribution in [0.3, 0.4) is 0 Å². The van der Waals surface area contributed by atoms with Gasteiger partial charge in [0.25, 0.3) is 0 Å². The highest BCUT2D eigenvalue weighted by Gasteiger charge is 2.12. The highest BCUT2D eigenvalue weighted by molar-refractivity contribution is 9.09. The van der Waals surface area contributed by atoms with Crippen molar-refractivity contribution in [3.63, 3.8) is 0 Å². The van der Waals surface area contributed by atoms with Gasteiger partial charge >= 0.3 is 0 Å². The minimum atomic E-state index is 0.0350. The normalized spacial score (nSPS) is 10.1. The quantitative estimate of drug-likeness (QED) is 0.544. The number of ether oxygens (including phenoxy) is 3. The minimum absolute atomic E-state index is 0.0350. The molecule has 1 aromatic rings. The fourth-order valence-electron chi connectivity index (χ4n) is 1.89. The third-order valence-electron chi connectivity index (χ3n) is 3.05. The van der Waals surface area contributed by atoms with Gasteiger partial charge in [0.15, 0.2) is 11.5 Å². The average Bonchev–Trinajstić information content (AvgIpc) is 2.52. The van der Waals surface area contributed by atoms with Crippen molar-refractivity contribution in [2.24, 2.45) is 0 Å². The Morgan fingerprint density at radius 2 is 1.67 bits per heavy atom. The predicted octanol–water partition coefficient (Wildman–Crippen LogP) is 2.89. The number of amides is 1. The van der Waals surface area contributed by atoms with E-state index < -0.39 is 0 Å². The fraction of sp³-hybridized carbons (Fsp3) is 0.533. The maximum absolute atomic E-state index is 11.7. The molecule has 0 saturated heterocycles. The van der Waals surface area contributed by atoms with Crippen LogP contribution in [-0.4, -0.2) is 32.6 Å². The van der Waals surface area contributed by atoms with E-state index in [9.17, 15) is 4.79 Å². The standard InChI is InChI=1S/C15H22BrNO4/c1-19-12-9-14(21-3)13(20-2)8-11(12)10-17-15(18)6-4-5-7-16/h8-9H,4-7,10H2,1-3H3,(H,17,18). The number of carbonyl (C=O) groups excluding carboxylic acids is 1. The molecule has 0 aliphatic heterocycles. The molecule has 0 saturated carbocycles. The Kier molecular flexibility index (Phi) is 7.97. The van der Waals surface area contributed by atoms with Gasteiger partial charge < -0.3 is 19.5 Å². The molecule has 0 unspecified atom stereocenters. The smallest absolute Gasteiger partial charge is 0.220 e. The number of halogens is 1. The number of hydrogen-bond donors (Lipinski definition) is 1. The molecule has 21 heavy (non-hydrogen) atoms. The second-order valence-electron chi connectivity index (χ2n) is 4.44. The van der Waals surface area contributed by atoms with Crippen LogP contribution in [0.5, 0.6) is 17.2 Å². The second kappa shape index (κ2) is 9.50. The number of carbonyl (C=O) groups is 1. The molecule has 6 heteroatoms. The van der Waals surface area contributed by atoms with Crippen LogP contribution < -0.4 is 19.5 Å². The van der Waals surface area contributed by atoms with E-state index in [2.05, 4.69) is 21.2 Å². The molecule has 0 fully saturated rings. The van der Waals surface area contributed by atoms with Crippen molar-refractivity contribution < 1.29 is 19.0 Å². The average molecular weight is 360 g/mol. The molecule has 1 rings (SSSR count). The lowest BCUT2D eigenvalue weighted by atomic mass is 10.1. The summed E-state index contributed by atoms with van der Waals surface area (Å²) in [7, 11) is 4.73. The van der Waals surface area contributed by atoms with E-state index in [-0.39, 0.29) is 5.91 Å². The van der Waals surface area contributed by atoms with Crippen LogP contribution in [0, 0.1) is 0 Å². The van der Waals surface area contributed by atoms with E-state index in [1.165, 1.54) is 0 Å². The van der Waals surface area contributed by atoms with Gasteiger partial charge in [-0.1, -0.05) is 15.9 Å². The molecule has 118 valence electrons. The van der Waals surface area contributed by atoms with Gasteiger partial charge in [0.1, 0.15) is 5.75 Å². The summed E-state index contributed by atoms with van der Waals surface area (Å²) in [5.74, 6) is 1.91. The highest BCUT2D eigenvalue weighted by atomic mass is 79.9. The molecule has 0 aliphatic carbocycles. The summed E-state index contributed by atoms with van der Waals surface area (Å²) in [4.78, 5) is 11.7. The van der Waals surface area contributed by atoms with Crippen LogP contribution in [0.1, 0.15) is 24.8 Å². The Bertz CT molecular complexity index is 465. The summed E-state index contributed by atoms with van der Waals surface area (Å²) in [6.07, 6.45) is 2.40. The largest absolute Gasteiger partial charge is 0.496 e. The maximum Gasteiger partial charge on any atom is 0.220 e.